The molecule has 3 nitrogen and oxygen atoms in total. The summed E-state index contributed by atoms with van der Waals surface area (Å²) < 4.78 is 38.1. The Bertz CT molecular complexity index is 943. The van der Waals surface area contributed by atoms with E-state index in [-0.39, 0.29) is 42.6 Å². The Labute approximate surface area is 160 Å². The lowest BCUT2D eigenvalue weighted by Crippen LogP contribution is -2.05. The van der Waals surface area contributed by atoms with E-state index < -0.39 is 11.7 Å². The maximum absolute atomic E-state index is 12.7. The number of benzene rings is 2. The second kappa shape index (κ2) is 7.19. The van der Waals surface area contributed by atoms with Crippen LogP contribution < -0.4 is 5.32 Å². The first-order valence-corrected chi connectivity index (χ1v) is 7.77. The zero-order valence-corrected chi connectivity index (χ0v) is 14.8. The van der Waals surface area contributed by atoms with E-state index in [1.54, 1.807) is 12.1 Å². The zero-order valence-electron chi connectivity index (χ0n) is 11.8. The van der Waals surface area contributed by atoms with Crippen molar-refractivity contribution in [3.63, 3.8) is 0 Å². The first-order chi connectivity index (χ1) is 11.6. The largest absolute Gasteiger partial charge is 0.416 e. The Hall–Kier alpha value is -1.83. The van der Waals surface area contributed by atoms with Crippen molar-refractivity contribution in [1.82, 2.24) is 0 Å². The smallest absolute Gasteiger partial charge is 0.352 e. The molecule has 2 aromatic carbocycles. The lowest BCUT2D eigenvalue weighted by molar-refractivity contribution is -0.137. The normalized spacial score (nSPS) is 10.9. The summed E-state index contributed by atoms with van der Waals surface area (Å²) in [5, 5.41) is 20.1. The SMILES string of the molecule is N#Cc1c(Cl)c(Cl)c(C#N)c(Nc2ccc(C(F)(F)F)cc2Cl)c1Cl. The van der Waals surface area contributed by atoms with Gasteiger partial charge in [-0.25, -0.2) is 0 Å². The van der Waals surface area contributed by atoms with Crippen molar-refractivity contribution in [2.75, 3.05) is 5.32 Å². The number of halogens is 7. The number of alkyl halides is 3. The molecule has 1 N–H and O–H groups in total. The van der Waals surface area contributed by atoms with Crippen molar-refractivity contribution < 1.29 is 13.2 Å². The fourth-order valence-electron chi connectivity index (χ4n) is 1.91. The van der Waals surface area contributed by atoms with Crippen LogP contribution in [0.3, 0.4) is 0 Å². The number of nitriles is 2. The van der Waals surface area contributed by atoms with Gasteiger partial charge in [-0.15, -0.1) is 0 Å². The summed E-state index contributed by atoms with van der Waals surface area (Å²) in [5.74, 6) is 0. The Balaban J connectivity index is 2.61. The van der Waals surface area contributed by atoms with Crippen LogP contribution in [-0.2, 0) is 6.18 Å². The number of hydrogen-bond acceptors (Lipinski definition) is 3. The average Bonchev–Trinajstić information content (AvgIpc) is 2.54. The van der Waals surface area contributed by atoms with Gasteiger partial charge >= 0.3 is 6.18 Å². The van der Waals surface area contributed by atoms with Gasteiger partial charge in [-0.2, -0.15) is 23.7 Å². The third-order valence-electron chi connectivity index (χ3n) is 3.10. The highest BCUT2D eigenvalue weighted by molar-refractivity contribution is 6.46. The van der Waals surface area contributed by atoms with Crippen LogP contribution in [0.1, 0.15) is 16.7 Å². The molecular weight excluding hydrogens is 421 g/mol. The predicted octanol–water partition coefficient (Wildman–Crippen LogP) is 6.81. The molecule has 2 aromatic rings. The van der Waals surface area contributed by atoms with Crippen LogP contribution in [-0.4, -0.2) is 0 Å². The van der Waals surface area contributed by atoms with Gasteiger partial charge in [0.05, 0.1) is 48.2 Å². The van der Waals surface area contributed by atoms with E-state index >= 15 is 0 Å². The minimum Gasteiger partial charge on any atom is -0.352 e. The average molecular weight is 425 g/mol. The summed E-state index contributed by atoms with van der Waals surface area (Å²) in [6.07, 6.45) is -4.56. The minimum absolute atomic E-state index is 0.0374. The van der Waals surface area contributed by atoms with Crippen LogP contribution in [0.4, 0.5) is 24.5 Å². The first kappa shape index (κ1) is 19.5. The summed E-state index contributed by atoms with van der Waals surface area (Å²) in [6, 6.07) is 6.11. The number of nitrogens with one attached hydrogen (secondary N) is 1. The van der Waals surface area contributed by atoms with E-state index in [1.807, 2.05) is 0 Å². The maximum atomic E-state index is 12.7. The standard InChI is InChI=1S/C15H4Cl4F3N3/c16-9-3-6(15(20,21)22)1-2-10(9)25-14-8(5-24)12(18)11(17)7(4-23)13(14)19/h1-3,25H. The second-order valence-electron chi connectivity index (χ2n) is 4.61. The van der Waals surface area contributed by atoms with Crippen LogP contribution in [0.25, 0.3) is 0 Å². The lowest BCUT2D eigenvalue weighted by Gasteiger charge is -2.16. The molecule has 128 valence electrons. The van der Waals surface area contributed by atoms with Gasteiger partial charge in [0.25, 0.3) is 0 Å². The van der Waals surface area contributed by atoms with Gasteiger partial charge in [0.1, 0.15) is 12.1 Å². The van der Waals surface area contributed by atoms with E-state index in [4.69, 9.17) is 51.7 Å². The van der Waals surface area contributed by atoms with Gasteiger partial charge < -0.3 is 5.32 Å². The molecule has 0 bridgehead atoms. The highest BCUT2D eigenvalue weighted by atomic mass is 35.5. The molecule has 10 heteroatoms. The van der Waals surface area contributed by atoms with E-state index in [0.717, 1.165) is 12.1 Å². The molecule has 0 radical (unpaired) electrons. The highest BCUT2D eigenvalue weighted by Crippen LogP contribution is 2.43. The van der Waals surface area contributed by atoms with Gasteiger partial charge in [0.15, 0.2) is 0 Å². The van der Waals surface area contributed by atoms with Gasteiger partial charge in [0.2, 0.25) is 0 Å². The Morgan fingerprint density at radius 3 is 1.92 bits per heavy atom. The van der Waals surface area contributed by atoms with Crippen molar-refractivity contribution >= 4 is 57.8 Å². The molecule has 0 amide bonds. The van der Waals surface area contributed by atoms with Crippen LogP contribution in [0.15, 0.2) is 18.2 Å². The summed E-state index contributed by atoms with van der Waals surface area (Å²) in [7, 11) is 0. The molecule has 0 fully saturated rings. The highest BCUT2D eigenvalue weighted by Gasteiger charge is 2.31. The monoisotopic (exact) mass is 423 g/mol. The molecule has 0 aliphatic rings. The van der Waals surface area contributed by atoms with Gasteiger partial charge in [-0.05, 0) is 18.2 Å². The molecule has 0 spiro atoms. The topological polar surface area (TPSA) is 59.6 Å². The molecule has 0 aromatic heterocycles. The van der Waals surface area contributed by atoms with Crippen molar-refractivity contribution in [2.24, 2.45) is 0 Å². The summed E-state index contributed by atoms with van der Waals surface area (Å²) in [6.45, 7) is 0. The number of nitrogens with zero attached hydrogens (tertiary/aromatic N) is 2. The fourth-order valence-corrected chi connectivity index (χ4v) is 2.93. The Morgan fingerprint density at radius 1 is 0.880 bits per heavy atom. The van der Waals surface area contributed by atoms with Crippen molar-refractivity contribution in [2.45, 2.75) is 6.18 Å². The molecule has 25 heavy (non-hydrogen) atoms. The summed E-state index contributed by atoms with van der Waals surface area (Å²) >= 11 is 23.8. The first-order valence-electron chi connectivity index (χ1n) is 6.26. The summed E-state index contributed by atoms with van der Waals surface area (Å²) in [5.41, 5.74) is -1.35. The maximum Gasteiger partial charge on any atom is 0.416 e. The van der Waals surface area contributed by atoms with E-state index in [2.05, 4.69) is 5.32 Å². The van der Waals surface area contributed by atoms with Crippen molar-refractivity contribution in [3.05, 3.63) is 55.0 Å². The molecular formula is C15H4Cl4F3N3. The molecule has 0 saturated carbocycles. The molecule has 0 aliphatic heterocycles. The molecule has 0 saturated heterocycles. The van der Waals surface area contributed by atoms with Gasteiger partial charge in [-0.3, -0.25) is 0 Å². The Kier molecular flexibility index (Phi) is 5.61. The third-order valence-corrected chi connectivity index (χ3v) is 4.64. The molecule has 0 heterocycles. The summed E-state index contributed by atoms with van der Waals surface area (Å²) in [4.78, 5) is 0. The number of rotatable bonds is 2. The molecule has 2 rings (SSSR count). The van der Waals surface area contributed by atoms with Gasteiger partial charge in [-0.1, -0.05) is 46.4 Å². The number of anilines is 2. The van der Waals surface area contributed by atoms with E-state index in [1.165, 1.54) is 0 Å². The predicted molar refractivity (Wildman–Crippen MR) is 90.6 cm³/mol. The zero-order chi connectivity index (χ0) is 18.9. The number of hydrogen-bond donors (Lipinski definition) is 1. The molecule has 0 unspecified atom stereocenters. The third kappa shape index (κ3) is 3.73. The lowest BCUT2D eigenvalue weighted by atomic mass is 10.1. The molecule has 0 aliphatic carbocycles. The fraction of sp³-hybridized carbons (Fsp3) is 0.0667. The van der Waals surface area contributed by atoms with Gasteiger partial charge in [0, 0.05) is 0 Å². The molecule has 0 atom stereocenters. The van der Waals surface area contributed by atoms with Crippen LogP contribution in [0, 0.1) is 22.7 Å². The van der Waals surface area contributed by atoms with Crippen molar-refractivity contribution in [1.29, 1.82) is 10.5 Å². The van der Waals surface area contributed by atoms with E-state index in [9.17, 15) is 18.4 Å². The minimum atomic E-state index is -4.56. The Morgan fingerprint density at radius 2 is 1.44 bits per heavy atom. The quantitative estimate of drug-likeness (QED) is 0.539. The van der Waals surface area contributed by atoms with Crippen molar-refractivity contribution in [3.8, 4) is 12.1 Å². The van der Waals surface area contributed by atoms with Crippen LogP contribution in [0.5, 0.6) is 0 Å². The second-order valence-corrected chi connectivity index (χ2v) is 6.15. The van der Waals surface area contributed by atoms with E-state index in [0.29, 0.717) is 6.07 Å². The van der Waals surface area contributed by atoms with Crippen LogP contribution in [0.2, 0.25) is 20.1 Å². The van der Waals surface area contributed by atoms with Crippen LogP contribution >= 0.6 is 46.4 Å².